The summed E-state index contributed by atoms with van der Waals surface area (Å²) < 4.78 is 6.23. The van der Waals surface area contributed by atoms with Crippen LogP contribution >= 0.6 is 15.9 Å². The van der Waals surface area contributed by atoms with Crippen LogP contribution in [0.4, 0.5) is 0 Å². The highest BCUT2D eigenvalue weighted by Crippen LogP contribution is 2.32. The number of phenolic OH excluding ortho intramolecular Hbond substituents is 1. The molecule has 0 atom stereocenters. The first-order valence-corrected chi connectivity index (χ1v) is 7.33. The highest BCUT2D eigenvalue weighted by atomic mass is 79.9. The van der Waals surface area contributed by atoms with E-state index in [0.717, 1.165) is 20.8 Å². The van der Waals surface area contributed by atoms with Gasteiger partial charge in [-0.05, 0) is 43.7 Å². The first kappa shape index (κ1) is 13.9. The zero-order valence-electron chi connectivity index (χ0n) is 11.6. The highest BCUT2D eigenvalue weighted by molar-refractivity contribution is 9.10. The lowest BCUT2D eigenvalue weighted by molar-refractivity contribution is 0.468. The number of hydrogen-bond acceptors (Lipinski definition) is 3. The Bertz CT molecular complexity index is 952. The summed E-state index contributed by atoms with van der Waals surface area (Å²) in [5, 5.41) is 11.9. The van der Waals surface area contributed by atoms with E-state index < -0.39 is 5.63 Å². The van der Waals surface area contributed by atoms with Gasteiger partial charge in [0.15, 0.2) is 0 Å². The van der Waals surface area contributed by atoms with Gasteiger partial charge in [0.25, 0.3) is 0 Å². The Morgan fingerprint density at radius 2 is 1.95 bits per heavy atom. The molecule has 3 nitrogen and oxygen atoms in total. The maximum Gasteiger partial charge on any atom is 0.344 e. The summed E-state index contributed by atoms with van der Waals surface area (Å²) >= 11 is 3.47. The number of phenols is 1. The van der Waals surface area contributed by atoms with Crippen LogP contribution in [0.3, 0.4) is 0 Å². The van der Waals surface area contributed by atoms with Gasteiger partial charge in [0.1, 0.15) is 11.3 Å². The molecule has 0 saturated carbocycles. The van der Waals surface area contributed by atoms with E-state index in [1.54, 1.807) is 25.1 Å². The molecule has 0 bridgehead atoms. The maximum absolute atomic E-state index is 12.2. The van der Waals surface area contributed by atoms with E-state index in [1.165, 1.54) is 0 Å². The molecule has 1 aromatic heterocycles. The molecular weight excluding hydrogens is 332 g/mol. The van der Waals surface area contributed by atoms with E-state index in [9.17, 15) is 9.90 Å². The van der Waals surface area contributed by atoms with E-state index in [0.29, 0.717) is 16.5 Å². The third-order valence-corrected chi connectivity index (χ3v) is 4.25. The number of hydrogen-bond donors (Lipinski definition) is 1. The molecule has 3 rings (SSSR count). The van der Waals surface area contributed by atoms with Crippen molar-refractivity contribution in [1.29, 1.82) is 0 Å². The van der Waals surface area contributed by atoms with Crippen LogP contribution in [-0.2, 0) is 0 Å². The average Bonchev–Trinajstić information content (AvgIpc) is 2.45. The average molecular weight is 345 g/mol. The van der Waals surface area contributed by atoms with Gasteiger partial charge < -0.3 is 9.52 Å². The number of allylic oxidation sites excluding steroid dienone is 1. The van der Waals surface area contributed by atoms with E-state index in [1.807, 2.05) is 25.1 Å². The van der Waals surface area contributed by atoms with E-state index in [4.69, 9.17) is 4.42 Å². The van der Waals surface area contributed by atoms with Crippen molar-refractivity contribution in [3.8, 4) is 5.75 Å². The molecular formula is C17H13BrO3. The van der Waals surface area contributed by atoms with Gasteiger partial charge >= 0.3 is 5.63 Å². The molecule has 0 saturated heterocycles. The second-order valence-electron chi connectivity index (χ2n) is 4.90. The summed E-state index contributed by atoms with van der Waals surface area (Å²) in [5.74, 6) is 0.121. The lowest BCUT2D eigenvalue weighted by Gasteiger charge is -2.08. The van der Waals surface area contributed by atoms with Gasteiger partial charge in [-0.2, -0.15) is 0 Å². The molecule has 0 amide bonds. The molecule has 2 aromatic carbocycles. The van der Waals surface area contributed by atoms with Crippen molar-refractivity contribution in [2.75, 3.05) is 0 Å². The lowest BCUT2D eigenvalue weighted by Crippen LogP contribution is -2.01. The lowest BCUT2D eigenvalue weighted by atomic mass is 10.0. The Kier molecular flexibility index (Phi) is 3.33. The molecule has 0 aliphatic rings. The van der Waals surface area contributed by atoms with Crippen molar-refractivity contribution < 1.29 is 9.52 Å². The fraction of sp³-hybridized carbons (Fsp3) is 0.118. The summed E-state index contributed by atoms with van der Waals surface area (Å²) in [6, 6.07) is 7.12. The number of halogens is 1. The molecule has 0 radical (unpaired) electrons. The molecule has 0 spiro atoms. The number of fused-ring (bicyclic) bond motifs is 3. The molecule has 0 fully saturated rings. The van der Waals surface area contributed by atoms with Crippen LogP contribution < -0.4 is 5.63 Å². The number of rotatable bonds is 1. The van der Waals surface area contributed by atoms with Gasteiger partial charge in [-0.1, -0.05) is 28.1 Å². The minimum absolute atomic E-state index is 0.121. The van der Waals surface area contributed by atoms with E-state index in [2.05, 4.69) is 15.9 Å². The van der Waals surface area contributed by atoms with Gasteiger partial charge in [0.2, 0.25) is 0 Å². The monoisotopic (exact) mass is 344 g/mol. The zero-order valence-corrected chi connectivity index (χ0v) is 13.2. The van der Waals surface area contributed by atoms with E-state index >= 15 is 0 Å². The zero-order chi connectivity index (χ0) is 15.1. The highest BCUT2D eigenvalue weighted by Gasteiger charge is 2.13. The topological polar surface area (TPSA) is 50.4 Å². The number of aromatic hydroxyl groups is 1. The SMILES string of the molecule is CC=Cc1cc2c(cc1Br)c(=O)oc1c(C)c(O)ccc12. The van der Waals surface area contributed by atoms with Crippen LogP contribution in [0.1, 0.15) is 18.1 Å². The van der Waals surface area contributed by atoms with Crippen molar-refractivity contribution in [1.82, 2.24) is 0 Å². The van der Waals surface area contributed by atoms with Crippen molar-refractivity contribution in [2.24, 2.45) is 0 Å². The molecule has 1 heterocycles. The quantitative estimate of drug-likeness (QED) is 0.511. The third-order valence-electron chi connectivity index (χ3n) is 3.57. The van der Waals surface area contributed by atoms with Crippen molar-refractivity contribution in [2.45, 2.75) is 13.8 Å². The molecule has 0 aliphatic carbocycles. The molecule has 21 heavy (non-hydrogen) atoms. The molecule has 106 valence electrons. The predicted octanol–water partition coefficient (Wildman–Crippen LogP) is 4.76. The minimum Gasteiger partial charge on any atom is -0.508 e. The Morgan fingerprint density at radius 1 is 1.19 bits per heavy atom. The van der Waals surface area contributed by atoms with Crippen LogP contribution in [0.25, 0.3) is 27.8 Å². The predicted molar refractivity (Wildman–Crippen MR) is 88.8 cm³/mol. The van der Waals surface area contributed by atoms with Gasteiger partial charge in [-0.15, -0.1) is 0 Å². The fourth-order valence-corrected chi connectivity index (χ4v) is 2.94. The first-order chi connectivity index (χ1) is 10.0. The minimum atomic E-state index is -0.404. The molecule has 1 N–H and O–H groups in total. The largest absolute Gasteiger partial charge is 0.508 e. The van der Waals surface area contributed by atoms with Gasteiger partial charge in [-0.3, -0.25) is 0 Å². The van der Waals surface area contributed by atoms with Crippen LogP contribution in [-0.4, -0.2) is 5.11 Å². The van der Waals surface area contributed by atoms with Crippen molar-refractivity contribution in [3.63, 3.8) is 0 Å². The summed E-state index contributed by atoms with van der Waals surface area (Å²) in [7, 11) is 0. The van der Waals surface area contributed by atoms with Gasteiger partial charge in [0.05, 0.1) is 5.39 Å². The van der Waals surface area contributed by atoms with Crippen LogP contribution in [0.5, 0.6) is 5.75 Å². The maximum atomic E-state index is 12.2. The van der Waals surface area contributed by atoms with Crippen molar-refractivity contribution in [3.05, 3.63) is 56.4 Å². The second kappa shape index (κ2) is 5.04. The van der Waals surface area contributed by atoms with Gasteiger partial charge in [-0.25, -0.2) is 4.79 Å². The van der Waals surface area contributed by atoms with Crippen LogP contribution in [0.2, 0.25) is 0 Å². The number of benzene rings is 2. The Hall–Kier alpha value is -2.07. The normalized spacial score (nSPS) is 11.8. The Morgan fingerprint density at radius 3 is 2.67 bits per heavy atom. The van der Waals surface area contributed by atoms with Crippen molar-refractivity contribution >= 4 is 43.7 Å². The molecule has 4 heteroatoms. The van der Waals surface area contributed by atoms with Crippen LogP contribution in [0.15, 0.2) is 44.0 Å². The summed E-state index contributed by atoms with van der Waals surface area (Å²) in [6.07, 6.45) is 3.91. The fourth-order valence-electron chi connectivity index (χ4n) is 2.46. The molecule has 3 aromatic rings. The number of aryl methyl sites for hydroxylation is 1. The van der Waals surface area contributed by atoms with Gasteiger partial charge in [0, 0.05) is 20.8 Å². The Balaban J connectivity index is 2.56. The second-order valence-corrected chi connectivity index (χ2v) is 5.75. The standard InChI is InChI=1S/C17H13BrO3/c1-3-4-10-7-12-11-5-6-15(19)9(2)16(11)21-17(20)13(12)8-14(10)18/h3-8,19H,1-2H3. The van der Waals surface area contributed by atoms with E-state index in [-0.39, 0.29) is 5.75 Å². The Labute approximate surface area is 129 Å². The van der Waals surface area contributed by atoms with Crippen LogP contribution in [0, 0.1) is 6.92 Å². The third kappa shape index (κ3) is 2.16. The summed E-state index contributed by atoms with van der Waals surface area (Å²) in [6.45, 7) is 3.68. The molecule has 0 unspecified atom stereocenters. The smallest absolute Gasteiger partial charge is 0.344 e. The molecule has 0 aliphatic heterocycles. The first-order valence-electron chi connectivity index (χ1n) is 6.54. The summed E-state index contributed by atoms with van der Waals surface area (Å²) in [4.78, 5) is 12.2. The summed E-state index contributed by atoms with van der Waals surface area (Å²) in [5.41, 5.74) is 1.59.